The monoisotopic (exact) mass is 342 g/mol. The standard InChI is InChI=1S/C17H14N2O2S2/c1-10-5-6-14(23-10)16-13(4-3-7-18-16)19-17(21)15-8-12(9-22-15)11(2)20/h3-9H,1-2H3,(H,19,21). The largest absolute Gasteiger partial charge is 0.319 e. The van der Waals surface area contributed by atoms with Gasteiger partial charge in [0, 0.05) is 22.0 Å². The van der Waals surface area contributed by atoms with Crippen molar-refractivity contribution in [1.82, 2.24) is 4.98 Å². The normalized spacial score (nSPS) is 10.5. The van der Waals surface area contributed by atoms with Crippen molar-refractivity contribution in [3.8, 4) is 10.6 Å². The number of rotatable bonds is 4. The molecule has 1 amide bonds. The van der Waals surface area contributed by atoms with Gasteiger partial charge in [-0.15, -0.1) is 22.7 Å². The van der Waals surface area contributed by atoms with Crippen molar-refractivity contribution in [1.29, 1.82) is 0 Å². The highest BCUT2D eigenvalue weighted by atomic mass is 32.1. The van der Waals surface area contributed by atoms with Gasteiger partial charge in [-0.05, 0) is 44.2 Å². The molecule has 6 heteroatoms. The number of ketones is 1. The van der Waals surface area contributed by atoms with E-state index in [0.29, 0.717) is 16.1 Å². The van der Waals surface area contributed by atoms with Crippen molar-refractivity contribution in [3.05, 3.63) is 57.2 Å². The Bertz CT molecular complexity index is 880. The van der Waals surface area contributed by atoms with E-state index in [1.807, 2.05) is 25.1 Å². The Kier molecular flexibility index (Phi) is 4.36. The predicted molar refractivity (Wildman–Crippen MR) is 94.6 cm³/mol. The number of nitrogens with zero attached hydrogens (tertiary/aromatic N) is 1. The van der Waals surface area contributed by atoms with Gasteiger partial charge in [-0.3, -0.25) is 14.6 Å². The molecule has 0 atom stereocenters. The summed E-state index contributed by atoms with van der Waals surface area (Å²) in [4.78, 5) is 30.8. The van der Waals surface area contributed by atoms with Crippen molar-refractivity contribution >= 4 is 40.1 Å². The molecule has 0 spiro atoms. The first kappa shape index (κ1) is 15.6. The van der Waals surface area contributed by atoms with E-state index < -0.39 is 0 Å². The highest BCUT2D eigenvalue weighted by molar-refractivity contribution is 7.15. The second-order valence-electron chi connectivity index (χ2n) is 5.02. The van der Waals surface area contributed by atoms with Gasteiger partial charge in [0.15, 0.2) is 5.78 Å². The Morgan fingerprint density at radius 3 is 2.70 bits per heavy atom. The Morgan fingerprint density at radius 1 is 1.22 bits per heavy atom. The third-order valence-electron chi connectivity index (χ3n) is 3.26. The minimum absolute atomic E-state index is 0.0450. The average molecular weight is 342 g/mol. The molecule has 3 aromatic heterocycles. The fraction of sp³-hybridized carbons (Fsp3) is 0.118. The number of aromatic nitrogens is 1. The smallest absolute Gasteiger partial charge is 0.265 e. The van der Waals surface area contributed by atoms with Gasteiger partial charge >= 0.3 is 0 Å². The maximum absolute atomic E-state index is 12.4. The van der Waals surface area contributed by atoms with E-state index in [0.717, 1.165) is 10.6 Å². The third-order valence-corrected chi connectivity index (χ3v) is 5.20. The van der Waals surface area contributed by atoms with Crippen LogP contribution in [-0.4, -0.2) is 16.7 Å². The van der Waals surface area contributed by atoms with Crippen LogP contribution in [0, 0.1) is 6.92 Å². The van der Waals surface area contributed by atoms with E-state index in [9.17, 15) is 9.59 Å². The fourth-order valence-corrected chi connectivity index (χ4v) is 3.81. The second kappa shape index (κ2) is 6.44. The van der Waals surface area contributed by atoms with Gasteiger partial charge in [-0.1, -0.05) is 0 Å². The van der Waals surface area contributed by atoms with Crippen LogP contribution in [0.5, 0.6) is 0 Å². The summed E-state index contributed by atoms with van der Waals surface area (Å²) < 4.78 is 0. The van der Waals surface area contributed by atoms with Crippen molar-refractivity contribution in [2.45, 2.75) is 13.8 Å². The molecule has 3 heterocycles. The lowest BCUT2D eigenvalue weighted by Crippen LogP contribution is -2.11. The average Bonchev–Trinajstić information content (AvgIpc) is 3.17. The summed E-state index contributed by atoms with van der Waals surface area (Å²) in [5.41, 5.74) is 1.97. The molecular formula is C17H14N2O2S2. The third kappa shape index (κ3) is 3.38. The number of hydrogen-bond donors (Lipinski definition) is 1. The summed E-state index contributed by atoms with van der Waals surface area (Å²) in [6.45, 7) is 3.52. The molecule has 0 aliphatic rings. The predicted octanol–water partition coefficient (Wildman–Crippen LogP) is 4.63. The molecule has 0 fully saturated rings. The second-order valence-corrected chi connectivity index (χ2v) is 7.22. The summed E-state index contributed by atoms with van der Waals surface area (Å²) in [6, 6.07) is 9.26. The summed E-state index contributed by atoms with van der Waals surface area (Å²) >= 11 is 2.89. The van der Waals surface area contributed by atoms with E-state index >= 15 is 0 Å². The lowest BCUT2D eigenvalue weighted by molar-refractivity contribution is 0.101. The van der Waals surface area contributed by atoms with Crippen LogP contribution in [0.1, 0.15) is 31.8 Å². The lowest BCUT2D eigenvalue weighted by atomic mass is 10.2. The van der Waals surface area contributed by atoms with Crippen LogP contribution in [0.2, 0.25) is 0 Å². The number of anilines is 1. The zero-order valence-electron chi connectivity index (χ0n) is 12.6. The number of amides is 1. The van der Waals surface area contributed by atoms with Crippen LogP contribution in [-0.2, 0) is 0 Å². The van der Waals surface area contributed by atoms with Gasteiger partial charge in [0.05, 0.1) is 15.4 Å². The highest BCUT2D eigenvalue weighted by Gasteiger charge is 2.15. The topological polar surface area (TPSA) is 59.1 Å². The molecular weight excluding hydrogens is 328 g/mol. The minimum Gasteiger partial charge on any atom is -0.319 e. The van der Waals surface area contributed by atoms with Crippen molar-refractivity contribution in [2.24, 2.45) is 0 Å². The van der Waals surface area contributed by atoms with Crippen molar-refractivity contribution in [2.75, 3.05) is 5.32 Å². The summed E-state index contributed by atoms with van der Waals surface area (Å²) in [5.74, 6) is -0.276. The molecule has 0 aliphatic carbocycles. The number of carbonyl (C=O) groups excluding carboxylic acids is 2. The molecule has 116 valence electrons. The van der Waals surface area contributed by atoms with Crippen molar-refractivity contribution in [3.63, 3.8) is 0 Å². The SMILES string of the molecule is CC(=O)c1csc(C(=O)Nc2cccnc2-c2ccc(C)s2)c1. The summed E-state index contributed by atoms with van der Waals surface area (Å²) in [5, 5.41) is 4.59. The van der Waals surface area contributed by atoms with E-state index in [1.165, 1.54) is 23.1 Å². The molecule has 0 radical (unpaired) electrons. The zero-order valence-corrected chi connectivity index (χ0v) is 14.3. The zero-order chi connectivity index (χ0) is 16.4. The Labute approximate surface area is 141 Å². The number of thiophene rings is 2. The minimum atomic E-state index is -0.231. The lowest BCUT2D eigenvalue weighted by Gasteiger charge is -2.08. The van der Waals surface area contributed by atoms with E-state index in [2.05, 4.69) is 10.3 Å². The Balaban J connectivity index is 1.88. The van der Waals surface area contributed by atoms with Gasteiger partial charge in [-0.25, -0.2) is 0 Å². The van der Waals surface area contributed by atoms with E-state index in [1.54, 1.807) is 35.0 Å². The molecule has 0 bridgehead atoms. The molecule has 0 unspecified atom stereocenters. The maximum atomic E-state index is 12.4. The molecule has 0 saturated carbocycles. The number of carbonyl (C=O) groups is 2. The number of pyridine rings is 1. The number of hydrogen-bond acceptors (Lipinski definition) is 5. The van der Waals surface area contributed by atoms with Crippen LogP contribution >= 0.6 is 22.7 Å². The van der Waals surface area contributed by atoms with Crippen LogP contribution in [0.25, 0.3) is 10.6 Å². The van der Waals surface area contributed by atoms with Crippen LogP contribution in [0.15, 0.2) is 41.9 Å². The first-order valence-electron chi connectivity index (χ1n) is 6.97. The van der Waals surface area contributed by atoms with E-state index in [-0.39, 0.29) is 11.7 Å². The van der Waals surface area contributed by atoms with Crippen LogP contribution in [0.3, 0.4) is 0 Å². The maximum Gasteiger partial charge on any atom is 0.265 e. The van der Waals surface area contributed by atoms with E-state index in [4.69, 9.17) is 0 Å². The number of aryl methyl sites for hydroxylation is 1. The van der Waals surface area contributed by atoms with Gasteiger partial charge < -0.3 is 5.32 Å². The molecule has 3 aromatic rings. The fourth-order valence-electron chi connectivity index (χ4n) is 2.09. The number of nitrogens with one attached hydrogen (secondary N) is 1. The van der Waals surface area contributed by atoms with Gasteiger partial charge in [-0.2, -0.15) is 0 Å². The molecule has 0 aromatic carbocycles. The molecule has 1 N–H and O–H groups in total. The Morgan fingerprint density at radius 2 is 2.04 bits per heavy atom. The highest BCUT2D eigenvalue weighted by Crippen LogP contribution is 2.31. The number of Topliss-reactive ketones (excluding diaryl/α,β-unsaturated/α-hetero) is 1. The van der Waals surface area contributed by atoms with Gasteiger partial charge in [0.25, 0.3) is 5.91 Å². The van der Waals surface area contributed by atoms with Crippen molar-refractivity contribution < 1.29 is 9.59 Å². The Hall–Kier alpha value is -2.31. The molecule has 23 heavy (non-hydrogen) atoms. The molecule has 3 rings (SSSR count). The van der Waals surface area contributed by atoms with Gasteiger partial charge in [0.1, 0.15) is 5.69 Å². The molecule has 4 nitrogen and oxygen atoms in total. The summed E-state index contributed by atoms with van der Waals surface area (Å²) in [6.07, 6.45) is 1.71. The first-order chi connectivity index (χ1) is 11.0. The molecule has 0 aliphatic heterocycles. The van der Waals surface area contributed by atoms with Gasteiger partial charge in [0.2, 0.25) is 0 Å². The quantitative estimate of drug-likeness (QED) is 0.703. The van der Waals surface area contributed by atoms with Crippen LogP contribution < -0.4 is 5.32 Å². The first-order valence-corrected chi connectivity index (χ1v) is 8.67. The summed E-state index contributed by atoms with van der Waals surface area (Å²) in [7, 11) is 0. The van der Waals surface area contributed by atoms with Crippen LogP contribution in [0.4, 0.5) is 5.69 Å². The molecule has 0 saturated heterocycles.